The molecule has 3 aliphatic rings. The highest BCUT2D eigenvalue weighted by Crippen LogP contribution is 2.49. The van der Waals surface area contributed by atoms with Crippen molar-refractivity contribution in [2.75, 3.05) is 0 Å². The SMILES string of the molecule is CC[C@H]1/C=C/CCC[C@@H](C)[C@H](O)[C@@](C)(O)C(=O)[C@@H](C)[C@H](O)[C@@H](C)C(=O)[C@@H](C)[C@H](O)[C@@H](C)/C=C/C(=O)O[C@@H]2[C@H](C)[C@H](CC1)O[C@]1(CC[C@H](C)[C@H](C[C@@H](C)O)O1)[C@H]2C. The number of aliphatic hydroxyl groups excluding tert-OH is 4. The largest absolute Gasteiger partial charge is 0.458 e. The zero-order chi connectivity index (χ0) is 42.3. The molecule has 0 aromatic carbocycles. The van der Waals surface area contributed by atoms with Crippen LogP contribution in [-0.4, -0.2) is 97.2 Å². The minimum atomic E-state index is -2.15. The highest BCUT2D eigenvalue weighted by molar-refractivity contribution is 5.91. The summed E-state index contributed by atoms with van der Waals surface area (Å²) < 4.78 is 20.0. The van der Waals surface area contributed by atoms with Gasteiger partial charge in [-0.2, -0.15) is 0 Å². The van der Waals surface area contributed by atoms with Crippen molar-refractivity contribution < 1.29 is 54.1 Å². The molecule has 2 saturated heterocycles. The van der Waals surface area contributed by atoms with Crippen LogP contribution in [0.25, 0.3) is 0 Å². The Bertz CT molecular complexity index is 1340. The van der Waals surface area contributed by atoms with Crippen LogP contribution >= 0.6 is 0 Å². The van der Waals surface area contributed by atoms with E-state index in [1.54, 1.807) is 27.7 Å². The summed E-state index contributed by atoms with van der Waals surface area (Å²) in [6.45, 7) is 19.3. The van der Waals surface area contributed by atoms with Gasteiger partial charge in [-0.05, 0) is 83.0 Å². The molecule has 0 radical (unpaired) electrons. The van der Waals surface area contributed by atoms with Crippen molar-refractivity contribution in [3.05, 3.63) is 24.3 Å². The van der Waals surface area contributed by atoms with E-state index < -0.39 is 89.0 Å². The second-order valence-electron chi connectivity index (χ2n) is 18.3. The van der Waals surface area contributed by atoms with Gasteiger partial charge in [-0.1, -0.05) is 80.5 Å². The van der Waals surface area contributed by atoms with Gasteiger partial charge in [-0.25, -0.2) is 4.79 Å². The summed E-state index contributed by atoms with van der Waals surface area (Å²) in [6.07, 6.45) is 8.02. The average molecular weight is 793 g/mol. The minimum absolute atomic E-state index is 0.154. The summed E-state index contributed by atoms with van der Waals surface area (Å²) in [5.74, 6) is -7.02. The fourth-order valence-corrected chi connectivity index (χ4v) is 9.30. The van der Waals surface area contributed by atoms with Crippen molar-refractivity contribution in [2.24, 2.45) is 53.3 Å². The topological polar surface area (TPSA) is 180 Å². The second kappa shape index (κ2) is 20.8. The molecule has 0 unspecified atom stereocenters. The standard InChI is InChI=1S/C45H76O11/c1-12-34-17-15-13-14-16-27(4)42(51)44(11,53)43(52)32(9)40(50)31(8)39(49)30(7)38(48)26(3)18-21-37(47)54-41-29(6)35(20-19-34)55-45(33(41)10)23-22-25(2)36(56-45)24-28(5)46/h15,17-18,21,25-36,38,40-42,46,48,50-51,53H,12-14,16,19-20,22-24H2,1-11H3/b17-15+,21-18+/t25-,26-,27+,28+,29+,30-,31-,32-,33-,34-,35-,36-,38+,40+,41+,42-,44+,45-/m0/s1. The van der Waals surface area contributed by atoms with Crippen LogP contribution in [0.1, 0.15) is 134 Å². The molecule has 2 bridgehead atoms. The van der Waals surface area contributed by atoms with Crippen molar-refractivity contribution in [1.82, 2.24) is 0 Å². The molecule has 322 valence electrons. The normalized spacial score (nSPS) is 46.5. The molecule has 3 aliphatic heterocycles. The van der Waals surface area contributed by atoms with Crippen molar-refractivity contribution in [3.63, 3.8) is 0 Å². The van der Waals surface area contributed by atoms with E-state index in [-0.39, 0.29) is 35.9 Å². The number of Topliss-reactive ketones (excluding diaryl/α,β-unsaturated/α-hetero) is 2. The van der Waals surface area contributed by atoms with Crippen LogP contribution in [0.15, 0.2) is 24.3 Å². The Morgan fingerprint density at radius 3 is 2.11 bits per heavy atom. The second-order valence-corrected chi connectivity index (χ2v) is 18.3. The third-order valence-corrected chi connectivity index (χ3v) is 13.7. The van der Waals surface area contributed by atoms with Gasteiger partial charge >= 0.3 is 5.97 Å². The number of ketones is 2. The van der Waals surface area contributed by atoms with Crippen LogP contribution in [-0.2, 0) is 28.6 Å². The molecule has 0 amide bonds. The molecule has 0 aromatic heterocycles. The number of hydrogen-bond acceptors (Lipinski definition) is 11. The number of hydrogen-bond donors (Lipinski definition) is 5. The number of allylic oxidation sites excluding steroid dienone is 2. The summed E-state index contributed by atoms with van der Waals surface area (Å²) in [6, 6.07) is 0. The van der Waals surface area contributed by atoms with Crippen LogP contribution in [0, 0.1) is 53.3 Å². The van der Waals surface area contributed by atoms with E-state index >= 15 is 0 Å². The Labute approximate surface area is 336 Å². The Balaban J connectivity index is 1.96. The summed E-state index contributed by atoms with van der Waals surface area (Å²) in [7, 11) is 0. The van der Waals surface area contributed by atoms with E-state index in [4.69, 9.17) is 14.2 Å². The van der Waals surface area contributed by atoms with E-state index in [0.29, 0.717) is 19.3 Å². The molecule has 2 fully saturated rings. The van der Waals surface area contributed by atoms with Crippen LogP contribution in [0.4, 0.5) is 0 Å². The smallest absolute Gasteiger partial charge is 0.330 e. The van der Waals surface area contributed by atoms with Crippen LogP contribution in [0.5, 0.6) is 0 Å². The molecular formula is C45H76O11. The summed E-state index contributed by atoms with van der Waals surface area (Å²) in [5.41, 5.74) is -2.15. The number of ether oxygens (including phenoxy) is 3. The lowest BCUT2D eigenvalue weighted by atomic mass is 9.74. The molecule has 11 nitrogen and oxygen atoms in total. The lowest BCUT2D eigenvalue weighted by Gasteiger charge is -2.55. The summed E-state index contributed by atoms with van der Waals surface area (Å²) >= 11 is 0. The van der Waals surface area contributed by atoms with Crippen LogP contribution in [0.2, 0.25) is 0 Å². The minimum Gasteiger partial charge on any atom is -0.458 e. The van der Waals surface area contributed by atoms with Gasteiger partial charge in [0.25, 0.3) is 0 Å². The zero-order valence-corrected chi connectivity index (χ0v) is 36.1. The summed E-state index contributed by atoms with van der Waals surface area (Å²) in [4.78, 5) is 40.6. The Morgan fingerprint density at radius 2 is 1.48 bits per heavy atom. The lowest BCUT2D eigenvalue weighted by molar-refractivity contribution is -0.371. The first-order valence-electron chi connectivity index (χ1n) is 21.5. The van der Waals surface area contributed by atoms with Crippen LogP contribution < -0.4 is 0 Å². The number of fused-ring (bicyclic) bond motifs is 2. The van der Waals surface area contributed by atoms with E-state index in [9.17, 15) is 39.9 Å². The van der Waals surface area contributed by atoms with Gasteiger partial charge in [0.05, 0.1) is 36.6 Å². The Kier molecular flexibility index (Phi) is 18.0. The predicted molar refractivity (Wildman–Crippen MR) is 215 cm³/mol. The Hall–Kier alpha value is -1.99. The molecular weight excluding hydrogens is 716 g/mol. The number of carbonyl (C=O) groups excluding carboxylic acids is 3. The van der Waals surface area contributed by atoms with Gasteiger partial charge in [0, 0.05) is 48.0 Å². The van der Waals surface area contributed by atoms with Crippen LogP contribution in [0.3, 0.4) is 0 Å². The van der Waals surface area contributed by atoms with E-state index in [2.05, 4.69) is 32.9 Å². The van der Waals surface area contributed by atoms with Crippen molar-refractivity contribution in [3.8, 4) is 0 Å². The van der Waals surface area contributed by atoms with Gasteiger partial charge < -0.3 is 39.7 Å². The van der Waals surface area contributed by atoms with Gasteiger partial charge in [0.1, 0.15) is 17.5 Å². The molecule has 3 rings (SSSR count). The highest BCUT2D eigenvalue weighted by atomic mass is 16.7. The molecule has 56 heavy (non-hydrogen) atoms. The van der Waals surface area contributed by atoms with E-state index in [0.717, 1.165) is 38.5 Å². The van der Waals surface area contributed by atoms with E-state index in [1.165, 1.54) is 32.9 Å². The van der Waals surface area contributed by atoms with E-state index in [1.807, 2.05) is 6.92 Å². The van der Waals surface area contributed by atoms with Crippen molar-refractivity contribution in [2.45, 2.75) is 188 Å². The van der Waals surface area contributed by atoms with Crippen molar-refractivity contribution >= 4 is 17.5 Å². The first kappa shape index (κ1) is 48.4. The lowest BCUT2D eigenvalue weighted by Crippen LogP contribution is -2.62. The van der Waals surface area contributed by atoms with Gasteiger partial charge in [0.2, 0.25) is 0 Å². The molecule has 1 spiro atoms. The third kappa shape index (κ3) is 11.6. The molecule has 0 aromatic rings. The average Bonchev–Trinajstić information content (AvgIpc) is 3.16. The maximum Gasteiger partial charge on any atom is 0.330 e. The van der Waals surface area contributed by atoms with Crippen molar-refractivity contribution in [1.29, 1.82) is 0 Å². The quantitative estimate of drug-likeness (QED) is 0.165. The monoisotopic (exact) mass is 793 g/mol. The number of carbonyl (C=O) groups is 3. The first-order valence-corrected chi connectivity index (χ1v) is 21.5. The molecule has 11 heteroatoms. The fourth-order valence-electron chi connectivity index (χ4n) is 9.30. The maximum absolute atomic E-state index is 13.5. The zero-order valence-electron chi connectivity index (χ0n) is 36.1. The molecule has 0 aliphatic carbocycles. The maximum atomic E-state index is 13.5. The number of esters is 1. The molecule has 0 saturated carbocycles. The van der Waals surface area contributed by atoms with Gasteiger partial charge in [0.15, 0.2) is 11.6 Å². The van der Waals surface area contributed by atoms with Gasteiger partial charge in [-0.15, -0.1) is 0 Å². The number of aliphatic hydroxyl groups is 5. The number of rotatable bonds is 3. The van der Waals surface area contributed by atoms with Gasteiger partial charge in [-0.3, -0.25) is 9.59 Å². The summed E-state index contributed by atoms with van der Waals surface area (Å²) in [5, 5.41) is 55.1. The molecule has 3 heterocycles. The highest BCUT2D eigenvalue weighted by Gasteiger charge is 2.56. The Morgan fingerprint density at radius 1 is 0.839 bits per heavy atom. The first-order chi connectivity index (χ1) is 26.1. The fraction of sp³-hybridized carbons (Fsp3) is 0.844. The molecule has 18 atom stereocenters. The molecule has 5 N–H and O–H groups in total. The third-order valence-electron chi connectivity index (χ3n) is 13.7. The predicted octanol–water partition coefficient (Wildman–Crippen LogP) is 6.11.